The van der Waals surface area contributed by atoms with E-state index in [2.05, 4.69) is 15.1 Å². The predicted octanol–water partition coefficient (Wildman–Crippen LogP) is 2.14. The van der Waals surface area contributed by atoms with Crippen molar-refractivity contribution in [2.45, 2.75) is 18.6 Å². The Bertz CT molecular complexity index is 1320. The SMILES string of the molecule is [C-]#[N+]C1(c2ccc(-c3ccc(N4C[C@H](CNC(C)=O)OC4=O)cc3F)cn2)[C@@H]2CS(=O)(=O)C[C@@H]21. The number of amides is 2. The number of rotatable bonds is 5. The second-order valence-electron chi connectivity index (χ2n) is 8.88. The molecule has 1 aliphatic carbocycles. The van der Waals surface area contributed by atoms with E-state index in [1.54, 1.807) is 24.3 Å². The van der Waals surface area contributed by atoms with E-state index < -0.39 is 33.4 Å². The number of pyridine rings is 1. The molecule has 3 fully saturated rings. The quantitative estimate of drug-likeness (QED) is 0.652. The summed E-state index contributed by atoms with van der Waals surface area (Å²) in [6, 6.07) is 7.71. The normalized spacial score (nSPS) is 28.7. The lowest BCUT2D eigenvalue weighted by Gasteiger charge is -2.15. The maximum absolute atomic E-state index is 15.0. The molecule has 1 aromatic carbocycles. The van der Waals surface area contributed by atoms with Crippen molar-refractivity contribution in [3.8, 4) is 11.1 Å². The monoisotopic (exact) mass is 484 g/mol. The van der Waals surface area contributed by atoms with Crippen molar-refractivity contribution in [2.75, 3.05) is 29.5 Å². The molecule has 11 heteroatoms. The summed E-state index contributed by atoms with van der Waals surface area (Å²) in [6.45, 7) is 9.36. The summed E-state index contributed by atoms with van der Waals surface area (Å²) >= 11 is 0. The summed E-state index contributed by atoms with van der Waals surface area (Å²) in [5.74, 6) is -1.26. The third kappa shape index (κ3) is 3.58. The van der Waals surface area contributed by atoms with Crippen molar-refractivity contribution in [3.05, 3.63) is 59.5 Å². The molecule has 4 atom stereocenters. The van der Waals surface area contributed by atoms with E-state index in [1.807, 2.05) is 0 Å². The van der Waals surface area contributed by atoms with Crippen LogP contribution in [0.2, 0.25) is 0 Å². The molecule has 5 rings (SSSR count). The van der Waals surface area contributed by atoms with Crippen LogP contribution < -0.4 is 10.2 Å². The molecular weight excluding hydrogens is 463 g/mol. The van der Waals surface area contributed by atoms with Crippen LogP contribution in [-0.2, 0) is 24.9 Å². The number of nitrogens with one attached hydrogen (secondary N) is 1. The highest BCUT2D eigenvalue weighted by molar-refractivity contribution is 7.91. The van der Waals surface area contributed by atoms with Gasteiger partial charge in [-0.3, -0.25) is 14.7 Å². The number of cyclic esters (lactones) is 1. The van der Waals surface area contributed by atoms with E-state index in [0.717, 1.165) is 0 Å². The largest absolute Gasteiger partial charge is 0.442 e. The fraction of sp³-hybridized carbons (Fsp3) is 0.391. The Morgan fingerprint density at radius 2 is 2.06 bits per heavy atom. The Morgan fingerprint density at radius 3 is 2.65 bits per heavy atom. The summed E-state index contributed by atoms with van der Waals surface area (Å²) < 4.78 is 43.8. The highest BCUT2D eigenvalue weighted by Gasteiger charge is 2.79. The first-order valence-corrected chi connectivity index (χ1v) is 12.5. The van der Waals surface area contributed by atoms with Gasteiger partial charge in [-0.2, -0.15) is 0 Å². The molecule has 0 radical (unpaired) electrons. The molecule has 2 aliphatic heterocycles. The van der Waals surface area contributed by atoms with Crippen LogP contribution in [0.4, 0.5) is 14.9 Å². The van der Waals surface area contributed by atoms with Crippen LogP contribution >= 0.6 is 0 Å². The number of hydrogen-bond donors (Lipinski definition) is 1. The fourth-order valence-corrected chi connectivity index (χ4v) is 7.22. The van der Waals surface area contributed by atoms with Gasteiger partial charge in [-0.05, 0) is 24.3 Å². The standard InChI is InChI=1S/C23H21FN4O5S/c1-13(29)26-9-16-10-28(22(30)33-16)15-4-5-17(20(24)7-15)14-3-6-21(27-8-14)23(25-2)18-11-34(31,32)12-19(18)23/h3-8,16,18-19H,9-12H2,1H3,(H,26,29)/t16-,18-,19+,23?/m0/s1. The molecule has 1 saturated carbocycles. The molecule has 2 amide bonds. The van der Waals surface area contributed by atoms with E-state index in [0.29, 0.717) is 16.9 Å². The van der Waals surface area contributed by atoms with Crippen molar-refractivity contribution in [1.29, 1.82) is 0 Å². The molecule has 0 bridgehead atoms. The number of fused-ring (bicyclic) bond motifs is 1. The molecule has 2 saturated heterocycles. The Hall–Kier alpha value is -3.52. The molecule has 3 aliphatic rings. The molecule has 1 N–H and O–H groups in total. The fourth-order valence-electron chi connectivity index (χ4n) is 5.02. The van der Waals surface area contributed by atoms with Gasteiger partial charge in [0, 0.05) is 24.2 Å². The van der Waals surface area contributed by atoms with Gasteiger partial charge in [0.1, 0.15) is 17.6 Å². The zero-order valence-electron chi connectivity index (χ0n) is 18.2. The molecule has 0 spiro atoms. The van der Waals surface area contributed by atoms with Crippen molar-refractivity contribution < 1.29 is 27.1 Å². The Balaban J connectivity index is 1.33. The van der Waals surface area contributed by atoms with E-state index in [1.165, 1.54) is 24.1 Å². The topological polar surface area (TPSA) is 110 Å². The lowest BCUT2D eigenvalue weighted by atomic mass is 10.0. The van der Waals surface area contributed by atoms with Crippen molar-refractivity contribution in [3.63, 3.8) is 0 Å². The summed E-state index contributed by atoms with van der Waals surface area (Å²) in [4.78, 5) is 32.7. The van der Waals surface area contributed by atoms with Crippen molar-refractivity contribution in [1.82, 2.24) is 10.3 Å². The molecule has 9 nitrogen and oxygen atoms in total. The first-order valence-electron chi connectivity index (χ1n) is 10.7. The van der Waals surface area contributed by atoms with Crippen LogP contribution in [0.25, 0.3) is 16.0 Å². The highest BCUT2D eigenvalue weighted by atomic mass is 32.2. The summed E-state index contributed by atoms with van der Waals surface area (Å²) in [7, 11) is -3.09. The summed E-state index contributed by atoms with van der Waals surface area (Å²) in [5, 5.41) is 2.59. The van der Waals surface area contributed by atoms with Crippen molar-refractivity contribution >= 4 is 27.5 Å². The second kappa shape index (κ2) is 7.77. The zero-order valence-corrected chi connectivity index (χ0v) is 19.0. The van der Waals surface area contributed by atoms with Crippen LogP contribution in [0.3, 0.4) is 0 Å². The number of aromatic nitrogens is 1. The third-order valence-electron chi connectivity index (χ3n) is 6.76. The van der Waals surface area contributed by atoms with Gasteiger partial charge in [-0.25, -0.2) is 24.2 Å². The Kier molecular flexibility index (Phi) is 5.09. The highest BCUT2D eigenvalue weighted by Crippen LogP contribution is 2.65. The van der Waals surface area contributed by atoms with Gasteiger partial charge in [0.05, 0.1) is 42.1 Å². The van der Waals surface area contributed by atoms with Crippen molar-refractivity contribution in [2.24, 2.45) is 11.8 Å². The minimum absolute atomic E-state index is 0.00414. The molecule has 1 aromatic heterocycles. The van der Waals surface area contributed by atoms with E-state index in [-0.39, 0.29) is 47.9 Å². The lowest BCUT2D eigenvalue weighted by Crippen LogP contribution is -2.33. The maximum Gasteiger partial charge on any atom is 0.414 e. The predicted molar refractivity (Wildman–Crippen MR) is 120 cm³/mol. The average molecular weight is 485 g/mol. The molecule has 176 valence electrons. The molecule has 1 unspecified atom stereocenters. The number of halogens is 1. The van der Waals surface area contributed by atoms with Crippen LogP contribution in [0, 0.1) is 24.2 Å². The number of anilines is 1. The Labute approximate surface area is 195 Å². The van der Waals surface area contributed by atoms with E-state index in [9.17, 15) is 22.4 Å². The number of sulfone groups is 1. The van der Waals surface area contributed by atoms with Gasteiger partial charge in [0.2, 0.25) is 5.91 Å². The molecule has 2 aromatic rings. The Morgan fingerprint density at radius 1 is 1.32 bits per heavy atom. The number of benzene rings is 1. The first-order chi connectivity index (χ1) is 16.1. The van der Waals surface area contributed by atoms with Gasteiger partial charge in [0.25, 0.3) is 5.54 Å². The minimum Gasteiger partial charge on any atom is -0.442 e. The number of hydrogen-bond acceptors (Lipinski definition) is 6. The van der Waals surface area contributed by atoms with Gasteiger partial charge in [-0.1, -0.05) is 6.07 Å². The van der Waals surface area contributed by atoms with Crippen LogP contribution in [0.5, 0.6) is 0 Å². The molecule has 3 heterocycles. The second-order valence-corrected chi connectivity index (χ2v) is 11.0. The van der Waals surface area contributed by atoms with Gasteiger partial charge >= 0.3 is 6.09 Å². The third-order valence-corrected chi connectivity index (χ3v) is 8.50. The smallest absolute Gasteiger partial charge is 0.414 e. The number of carbonyl (C=O) groups excluding carboxylic acids is 2. The number of nitrogens with zero attached hydrogens (tertiary/aromatic N) is 3. The van der Waals surface area contributed by atoms with Gasteiger partial charge in [0.15, 0.2) is 9.84 Å². The first kappa shape index (κ1) is 22.3. The summed E-state index contributed by atoms with van der Waals surface area (Å²) in [6.07, 6.45) is 0.341. The van der Waals surface area contributed by atoms with Crippen LogP contribution in [0.15, 0.2) is 36.5 Å². The number of carbonyl (C=O) groups is 2. The van der Waals surface area contributed by atoms with Gasteiger partial charge < -0.3 is 14.9 Å². The number of ether oxygens (including phenoxy) is 1. The lowest BCUT2D eigenvalue weighted by molar-refractivity contribution is -0.119. The van der Waals surface area contributed by atoms with Crippen LogP contribution in [-0.4, -0.2) is 56.1 Å². The maximum atomic E-state index is 15.0. The minimum atomic E-state index is -3.09. The molecule has 34 heavy (non-hydrogen) atoms. The van der Waals surface area contributed by atoms with Crippen LogP contribution in [0.1, 0.15) is 12.6 Å². The average Bonchev–Trinajstić information content (AvgIpc) is 3.05. The molecular formula is C23H21FN4O5S. The van der Waals surface area contributed by atoms with E-state index >= 15 is 0 Å². The summed E-state index contributed by atoms with van der Waals surface area (Å²) in [5.41, 5.74) is 0.716. The van der Waals surface area contributed by atoms with Gasteiger partial charge in [-0.15, -0.1) is 0 Å². The zero-order chi connectivity index (χ0) is 24.3. The van der Waals surface area contributed by atoms with E-state index in [4.69, 9.17) is 11.3 Å².